The van der Waals surface area contributed by atoms with Crippen molar-refractivity contribution in [1.82, 2.24) is 0 Å². The molecule has 3 heteroatoms. The maximum absolute atomic E-state index is 13.0. The van der Waals surface area contributed by atoms with Crippen LogP contribution in [0.2, 0.25) is 5.02 Å². The van der Waals surface area contributed by atoms with Crippen LogP contribution in [0.25, 0.3) is 0 Å². The first-order valence-electron chi connectivity index (χ1n) is 6.88. The molecule has 1 N–H and O–H groups in total. The third kappa shape index (κ3) is 2.58. The van der Waals surface area contributed by atoms with Crippen LogP contribution in [0.1, 0.15) is 48.0 Å². The summed E-state index contributed by atoms with van der Waals surface area (Å²) < 4.78 is 13.0. The van der Waals surface area contributed by atoms with Gasteiger partial charge in [-0.05, 0) is 42.0 Å². The van der Waals surface area contributed by atoms with Gasteiger partial charge in [0.1, 0.15) is 11.9 Å². The van der Waals surface area contributed by atoms with Crippen molar-refractivity contribution in [2.24, 2.45) is 0 Å². The summed E-state index contributed by atoms with van der Waals surface area (Å²) in [5, 5.41) is 10.6. The normalized spacial score (nSPS) is 16.8. The summed E-state index contributed by atoms with van der Waals surface area (Å²) in [6.45, 7) is 0. The Hall–Kier alpha value is -1.38. The minimum Gasteiger partial charge on any atom is -0.384 e. The molecule has 0 bridgehead atoms. The minimum atomic E-state index is -0.821. The lowest BCUT2D eigenvalue weighted by atomic mass is 9.80. The van der Waals surface area contributed by atoms with Crippen LogP contribution in [-0.2, 0) is 0 Å². The molecule has 3 rings (SSSR count). The van der Waals surface area contributed by atoms with Gasteiger partial charge in [0.15, 0.2) is 0 Å². The number of aliphatic hydroxyl groups is 1. The lowest BCUT2D eigenvalue weighted by Gasteiger charge is -2.26. The van der Waals surface area contributed by atoms with Gasteiger partial charge in [-0.15, -0.1) is 0 Å². The van der Waals surface area contributed by atoms with Crippen molar-refractivity contribution < 1.29 is 9.50 Å². The summed E-state index contributed by atoms with van der Waals surface area (Å²) in [7, 11) is 0. The highest BCUT2D eigenvalue weighted by molar-refractivity contribution is 6.31. The summed E-state index contributed by atoms with van der Waals surface area (Å²) in [6, 6.07) is 12.1. The van der Waals surface area contributed by atoms with Crippen LogP contribution in [0.3, 0.4) is 0 Å². The molecular weight excluding hydrogens is 275 g/mol. The quantitative estimate of drug-likeness (QED) is 0.858. The summed E-state index contributed by atoms with van der Waals surface area (Å²) >= 11 is 5.99. The second-order valence-corrected chi connectivity index (χ2v) is 5.77. The summed E-state index contributed by atoms with van der Waals surface area (Å²) in [5.74, 6) is 0.280. The first kappa shape index (κ1) is 13.6. The van der Waals surface area contributed by atoms with Crippen LogP contribution in [0.4, 0.5) is 4.39 Å². The van der Waals surface area contributed by atoms with Crippen LogP contribution in [-0.4, -0.2) is 5.11 Å². The fourth-order valence-corrected chi connectivity index (χ4v) is 2.87. The predicted molar refractivity (Wildman–Crippen MR) is 78.5 cm³/mol. The van der Waals surface area contributed by atoms with E-state index < -0.39 is 11.9 Å². The van der Waals surface area contributed by atoms with Gasteiger partial charge in [0.25, 0.3) is 0 Å². The van der Waals surface area contributed by atoms with Gasteiger partial charge in [-0.1, -0.05) is 48.4 Å². The molecule has 20 heavy (non-hydrogen) atoms. The van der Waals surface area contributed by atoms with E-state index in [0.717, 1.165) is 5.56 Å². The molecule has 0 saturated heterocycles. The monoisotopic (exact) mass is 290 g/mol. The fraction of sp³-hybridized carbons (Fsp3) is 0.294. The molecule has 104 valence electrons. The van der Waals surface area contributed by atoms with E-state index >= 15 is 0 Å². The van der Waals surface area contributed by atoms with Gasteiger partial charge in [-0.25, -0.2) is 4.39 Å². The second kappa shape index (κ2) is 5.55. The van der Waals surface area contributed by atoms with Crippen molar-refractivity contribution in [2.75, 3.05) is 0 Å². The molecule has 1 saturated carbocycles. The zero-order chi connectivity index (χ0) is 14.1. The lowest BCUT2D eigenvalue weighted by Crippen LogP contribution is -2.09. The largest absolute Gasteiger partial charge is 0.384 e. The molecule has 1 fully saturated rings. The van der Waals surface area contributed by atoms with Crippen molar-refractivity contribution >= 4 is 11.6 Å². The highest BCUT2D eigenvalue weighted by atomic mass is 35.5. The highest BCUT2D eigenvalue weighted by Gasteiger charge is 2.20. The van der Waals surface area contributed by atoms with Crippen LogP contribution in [0, 0.1) is 5.82 Å². The second-order valence-electron chi connectivity index (χ2n) is 5.36. The molecule has 1 aliphatic carbocycles. The van der Waals surface area contributed by atoms with Gasteiger partial charge in [0.2, 0.25) is 0 Å². The number of aliphatic hydroxyl groups excluding tert-OH is 1. The number of benzene rings is 2. The molecule has 2 aromatic carbocycles. The van der Waals surface area contributed by atoms with Gasteiger partial charge in [-0.3, -0.25) is 0 Å². The third-order valence-corrected chi connectivity index (χ3v) is 4.41. The summed E-state index contributed by atoms with van der Waals surface area (Å²) in [4.78, 5) is 0. The van der Waals surface area contributed by atoms with E-state index in [1.807, 2.05) is 12.1 Å². The zero-order valence-electron chi connectivity index (χ0n) is 11.0. The fourth-order valence-electron chi connectivity index (χ4n) is 2.59. The number of hydrogen-bond donors (Lipinski definition) is 1. The van der Waals surface area contributed by atoms with Crippen molar-refractivity contribution in [1.29, 1.82) is 0 Å². The molecule has 0 aliphatic heterocycles. The minimum absolute atomic E-state index is 0.251. The van der Waals surface area contributed by atoms with Gasteiger partial charge in [0.05, 0.1) is 0 Å². The van der Waals surface area contributed by atoms with E-state index in [9.17, 15) is 9.50 Å². The Morgan fingerprint density at radius 1 is 1.10 bits per heavy atom. The van der Waals surface area contributed by atoms with Crippen LogP contribution >= 0.6 is 11.6 Å². The average molecular weight is 291 g/mol. The highest BCUT2D eigenvalue weighted by Crippen LogP contribution is 2.37. The lowest BCUT2D eigenvalue weighted by molar-refractivity contribution is 0.220. The molecule has 0 spiro atoms. The Balaban J connectivity index is 1.84. The van der Waals surface area contributed by atoms with E-state index in [1.165, 1.54) is 43.0 Å². The van der Waals surface area contributed by atoms with E-state index in [1.54, 1.807) is 0 Å². The number of hydrogen-bond acceptors (Lipinski definition) is 1. The van der Waals surface area contributed by atoms with Gasteiger partial charge in [-0.2, -0.15) is 0 Å². The first-order valence-corrected chi connectivity index (χ1v) is 7.26. The standard InChI is InChI=1S/C17H16ClFO/c18-16-10-14(19)8-9-15(16)17(20)13-6-4-12(5-7-13)11-2-1-3-11/h4-11,17,20H,1-3H2. The first-order chi connectivity index (χ1) is 9.65. The third-order valence-electron chi connectivity index (χ3n) is 4.09. The van der Waals surface area contributed by atoms with Crippen molar-refractivity contribution in [3.8, 4) is 0 Å². The molecule has 1 unspecified atom stereocenters. The molecule has 1 aliphatic rings. The molecule has 1 nitrogen and oxygen atoms in total. The van der Waals surface area contributed by atoms with E-state index in [-0.39, 0.29) is 5.02 Å². The van der Waals surface area contributed by atoms with Crippen LogP contribution in [0.5, 0.6) is 0 Å². The number of halogens is 2. The molecule has 0 amide bonds. The Bertz CT molecular complexity index is 605. The Morgan fingerprint density at radius 2 is 1.80 bits per heavy atom. The molecule has 2 aromatic rings. The Kier molecular flexibility index (Phi) is 3.77. The molecule has 0 heterocycles. The molecular formula is C17H16ClFO. The van der Waals surface area contributed by atoms with Crippen molar-refractivity contribution in [3.05, 3.63) is 70.0 Å². The maximum atomic E-state index is 13.0. The van der Waals surface area contributed by atoms with Gasteiger partial charge in [0, 0.05) is 10.6 Å². The average Bonchev–Trinajstić information content (AvgIpc) is 2.37. The summed E-state index contributed by atoms with van der Waals surface area (Å²) in [6.07, 6.45) is 3.00. The van der Waals surface area contributed by atoms with Gasteiger partial charge < -0.3 is 5.11 Å². The van der Waals surface area contributed by atoms with Crippen LogP contribution < -0.4 is 0 Å². The van der Waals surface area contributed by atoms with E-state index in [0.29, 0.717) is 11.5 Å². The maximum Gasteiger partial charge on any atom is 0.124 e. The molecule has 1 atom stereocenters. The Morgan fingerprint density at radius 3 is 2.35 bits per heavy atom. The van der Waals surface area contributed by atoms with Gasteiger partial charge >= 0.3 is 0 Å². The Labute approximate surface area is 123 Å². The van der Waals surface area contributed by atoms with E-state index in [2.05, 4.69) is 12.1 Å². The topological polar surface area (TPSA) is 20.2 Å². The molecule has 0 aromatic heterocycles. The smallest absolute Gasteiger partial charge is 0.124 e. The zero-order valence-corrected chi connectivity index (χ0v) is 11.8. The summed E-state index contributed by atoms with van der Waals surface area (Å²) in [5.41, 5.74) is 2.64. The predicted octanol–water partition coefficient (Wildman–Crippen LogP) is 4.83. The number of rotatable bonds is 3. The van der Waals surface area contributed by atoms with Crippen LogP contribution in [0.15, 0.2) is 42.5 Å². The van der Waals surface area contributed by atoms with E-state index in [4.69, 9.17) is 11.6 Å². The van der Waals surface area contributed by atoms with Crippen molar-refractivity contribution in [3.63, 3.8) is 0 Å². The SMILES string of the molecule is OC(c1ccc(C2CCC2)cc1)c1ccc(F)cc1Cl. The molecule has 0 radical (unpaired) electrons. The van der Waals surface area contributed by atoms with Crippen molar-refractivity contribution in [2.45, 2.75) is 31.3 Å².